The SMILES string of the molecule is CCSC(=S)N(CC)CC.CN(C)C.Cl.N. The van der Waals surface area contributed by atoms with E-state index in [1.54, 1.807) is 11.8 Å². The standard InChI is InChI=1S/C7H15NS2.C3H9N.ClH.H3N/c1-4-8(5-2)7(9)10-6-3;1-4(2)3;;/h4-6H2,1-3H3;1-3H3;1H;1H3. The summed E-state index contributed by atoms with van der Waals surface area (Å²) >= 11 is 6.91. The van der Waals surface area contributed by atoms with Crippen molar-refractivity contribution in [1.82, 2.24) is 16.0 Å². The van der Waals surface area contributed by atoms with Gasteiger partial charge < -0.3 is 16.0 Å². The lowest BCUT2D eigenvalue weighted by atomic mass is 10.6. The Balaban J connectivity index is -0.000000105. The van der Waals surface area contributed by atoms with E-state index >= 15 is 0 Å². The molecule has 16 heavy (non-hydrogen) atoms. The number of thiocarbonyl (C=S) groups is 1. The number of rotatable bonds is 3. The normalized spacial score (nSPS) is 8.19. The Hall–Kier alpha value is 0.450. The van der Waals surface area contributed by atoms with E-state index in [0.29, 0.717) is 0 Å². The number of hydrogen-bond donors (Lipinski definition) is 1. The van der Waals surface area contributed by atoms with Gasteiger partial charge >= 0.3 is 0 Å². The third-order valence-electron chi connectivity index (χ3n) is 1.29. The maximum Gasteiger partial charge on any atom is 0.136 e. The minimum absolute atomic E-state index is 0. The van der Waals surface area contributed by atoms with E-state index in [2.05, 4.69) is 25.7 Å². The van der Waals surface area contributed by atoms with Crippen molar-refractivity contribution >= 4 is 40.7 Å². The minimum Gasteiger partial charge on any atom is -0.358 e. The predicted octanol–water partition coefficient (Wildman–Crippen LogP) is 3.13. The molecule has 0 aliphatic carbocycles. The van der Waals surface area contributed by atoms with Crippen molar-refractivity contribution in [2.75, 3.05) is 40.0 Å². The molecule has 0 radical (unpaired) electrons. The van der Waals surface area contributed by atoms with Crippen LogP contribution in [0.25, 0.3) is 0 Å². The molecule has 0 bridgehead atoms. The molecule has 102 valence electrons. The molecule has 0 heterocycles. The summed E-state index contributed by atoms with van der Waals surface area (Å²) in [5.74, 6) is 1.08. The van der Waals surface area contributed by atoms with Crippen LogP contribution in [0.4, 0.5) is 0 Å². The van der Waals surface area contributed by atoms with Crippen molar-refractivity contribution in [2.24, 2.45) is 0 Å². The summed E-state index contributed by atoms with van der Waals surface area (Å²) < 4.78 is 1.03. The van der Waals surface area contributed by atoms with Crippen LogP contribution in [0.5, 0.6) is 0 Å². The minimum atomic E-state index is 0. The maximum atomic E-state index is 5.16. The Kier molecular flexibility index (Phi) is 28.2. The first-order valence-electron chi connectivity index (χ1n) is 5.02. The van der Waals surface area contributed by atoms with Crippen LogP contribution >= 0.6 is 36.4 Å². The van der Waals surface area contributed by atoms with Crippen LogP contribution in [-0.4, -0.2) is 54.1 Å². The third kappa shape index (κ3) is 19.9. The summed E-state index contributed by atoms with van der Waals surface area (Å²) in [6, 6.07) is 0. The van der Waals surface area contributed by atoms with Crippen LogP contribution in [0.3, 0.4) is 0 Å². The lowest BCUT2D eigenvalue weighted by Gasteiger charge is -2.20. The molecule has 0 aromatic rings. The van der Waals surface area contributed by atoms with Crippen LogP contribution in [0.15, 0.2) is 0 Å². The zero-order valence-electron chi connectivity index (χ0n) is 11.4. The largest absolute Gasteiger partial charge is 0.358 e. The van der Waals surface area contributed by atoms with Crippen molar-refractivity contribution in [3.63, 3.8) is 0 Å². The summed E-state index contributed by atoms with van der Waals surface area (Å²) in [4.78, 5) is 4.20. The molecule has 3 nitrogen and oxygen atoms in total. The van der Waals surface area contributed by atoms with Gasteiger partial charge in [-0.2, -0.15) is 0 Å². The fourth-order valence-electron chi connectivity index (χ4n) is 0.697. The van der Waals surface area contributed by atoms with E-state index in [1.807, 2.05) is 26.0 Å². The molecule has 0 spiro atoms. The third-order valence-corrected chi connectivity index (χ3v) is 2.70. The van der Waals surface area contributed by atoms with Crippen molar-refractivity contribution in [2.45, 2.75) is 20.8 Å². The first-order valence-corrected chi connectivity index (χ1v) is 6.41. The lowest BCUT2D eigenvalue weighted by molar-refractivity contribution is 0.482. The molecule has 0 saturated carbocycles. The Labute approximate surface area is 117 Å². The lowest BCUT2D eigenvalue weighted by Crippen LogP contribution is -2.26. The van der Waals surface area contributed by atoms with Gasteiger partial charge in [-0.3, -0.25) is 0 Å². The number of thioether (sulfide) groups is 1. The highest BCUT2D eigenvalue weighted by molar-refractivity contribution is 8.22. The summed E-state index contributed by atoms with van der Waals surface area (Å²) in [5, 5.41) is 0. The second kappa shape index (κ2) is 17.8. The van der Waals surface area contributed by atoms with Crippen LogP contribution < -0.4 is 6.15 Å². The van der Waals surface area contributed by atoms with E-state index in [0.717, 1.165) is 23.2 Å². The van der Waals surface area contributed by atoms with Gasteiger partial charge in [0.05, 0.1) is 0 Å². The molecule has 0 atom stereocenters. The first kappa shape index (κ1) is 25.3. The Bertz CT molecular complexity index is 139. The highest BCUT2D eigenvalue weighted by Gasteiger charge is 2.02. The van der Waals surface area contributed by atoms with Gasteiger partial charge in [-0.1, -0.05) is 30.9 Å². The zero-order chi connectivity index (χ0) is 11.6. The molecule has 0 rings (SSSR count). The smallest absolute Gasteiger partial charge is 0.136 e. The average Bonchev–Trinajstić information content (AvgIpc) is 2.06. The zero-order valence-corrected chi connectivity index (χ0v) is 13.9. The fourth-order valence-corrected chi connectivity index (χ4v) is 2.00. The Morgan fingerprint density at radius 2 is 1.38 bits per heavy atom. The molecule has 0 aliphatic rings. The van der Waals surface area contributed by atoms with E-state index in [-0.39, 0.29) is 18.6 Å². The quantitative estimate of drug-likeness (QED) is 0.809. The number of halogens is 1. The van der Waals surface area contributed by atoms with Gasteiger partial charge in [-0.05, 0) is 40.7 Å². The number of hydrogen-bond acceptors (Lipinski definition) is 4. The van der Waals surface area contributed by atoms with Crippen LogP contribution in [0, 0.1) is 0 Å². The molecular formula is C10H28ClN3S2. The summed E-state index contributed by atoms with van der Waals surface area (Å²) in [5.41, 5.74) is 0. The van der Waals surface area contributed by atoms with E-state index in [1.165, 1.54) is 0 Å². The fraction of sp³-hybridized carbons (Fsp3) is 0.900. The molecule has 0 aliphatic heterocycles. The molecule has 0 fully saturated rings. The maximum absolute atomic E-state index is 5.16. The number of nitrogens with zero attached hydrogens (tertiary/aromatic N) is 2. The van der Waals surface area contributed by atoms with Gasteiger partial charge in [-0.25, -0.2) is 0 Å². The Morgan fingerprint density at radius 1 is 1.06 bits per heavy atom. The topological polar surface area (TPSA) is 41.5 Å². The summed E-state index contributed by atoms with van der Waals surface area (Å²) in [6.07, 6.45) is 0. The van der Waals surface area contributed by atoms with Gasteiger partial charge in [0.2, 0.25) is 0 Å². The second-order valence-electron chi connectivity index (χ2n) is 3.21. The van der Waals surface area contributed by atoms with Crippen LogP contribution in [0.2, 0.25) is 0 Å². The van der Waals surface area contributed by atoms with Crippen molar-refractivity contribution in [3.05, 3.63) is 0 Å². The second-order valence-corrected chi connectivity index (χ2v) is 5.11. The van der Waals surface area contributed by atoms with Gasteiger partial charge in [-0.15, -0.1) is 12.4 Å². The summed E-state index contributed by atoms with van der Waals surface area (Å²) in [6.45, 7) is 8.45. The van der Waals surface area contributed by atoms with Crippen LogP contribution in [-0.2, 0) is 0 Å². The molecule has 0 aromatic heterocycles. The van der Waals surface area contributed by atoms with Crippen molar-refractivity contribution < 1.29 is 0 Å². The molecule has 0 aromatic carbocycles. The first-order chi connectivity index (χ1) is 6.49. The van der Waals surface area contributed by atoms with Crippen molar-refractivity contribution in [1.29, 1.82) is 0 Å². The van der Waals surface area contributed by atoms with Crippen molar-refractivity contribution in [3.8, 4) is 0 Å². The molecule has 6 heteroatoms. The van der Waals surface area contributed by atoms with Gasteiger partial charge in [0, 0.05) is 13.1 Å². The molecule has 3 N–H and O–H groups in total. The van der Waals surface area contributed by atoms with E-state index < -0.39 is 0 Å². The highest BCUT2D eigenvalue weighted by Crippen LogP contribution is 2.07. The monoisotopic (exact) mass is 289 g/mol. The van der Waals surface area contributed by atoms with Crippen LogP contribution in [0.1, 0.15) is 20.8 Å². The van der Waals surface area contributed by atoms with Gasteiger partial charge in [0.25, 0.3) is 0 Å². The van der Waals surface area contributed by atoms with E-state index in [9.17, 15) is 0 Å². The van der Waals surface area contributed by atoms with E-state index in [4.69, 9.17) is 12.2 Å². The molecule has 0 amide bonds. The van der Waals surface area contributed by atoms with Gasteiger partial charge in [0.15, 0.2) is 0 Å². The highest BCUT2D eigenvalue weighted by atomic mass is 35.5. The Morgan fingerprint density at radius 3 is 1.56 bits per heavy atom. The average molecular weight is 290 g/mol. The molecule has 0 saturated heterocycles. The summed E-state index contributed by atoms with van der Waals surface area (Å²) in [7, 11) is 6.00. The van der Waals surface area contributed by atoms with Gasteiger partial charge in [0.1, 0.15) is 4.32 Å². The predicted molar refractivity (Wildman–Crippen MR) is 85.5 cm³/mol. The molecular weight excluding hydrogens is 262 g/mol. The molecule has 0 unspecified atom stereocenters.